The molecule has 1 unspecified atom stereocenters. The molecule has 4 nitrogen and oxygen atoms in total. The van der Waals surface area contributed by atoms with Crippen LogP contribution >= 0.6 is 24.8 Å². The third kappa shape index (κ3) is 7.41. The summed E-state index contributed by atoms with van der Waals surface area (Å²) in [6.45, 7) is 8.65. The van der Waals surface area contributed by atoms with Gasteiger partial charge >= 0.3 is 0 Å². The van der Waals surface area contributed by atoms with Crippen molar-refractivity contribution in [2.75, 3.05) is 32.7 Å². The molecule has 110 valence electrons. The summed E-state index contributed by atoms with van der Waals surface area (Å²) in [4.78, 5) is 13.9. The minimum atomic E-state index is -0.0682. The number of likely N-dealkylation sites (tertiary alicyclic amines) is 1. The van der Waals surface area contributed by atoms with Crippen LogP contribution in [-0.2, 0) is 4.79 Å². The second-order valence-corrected chi connectivity index (χ2v) is 4.95. The number of rotatable bonds is 5. The summed E-state index contributed by atoms with van der Waals surface area (Å²) in [6, 6.07) is 0. The smallest absolute Gasteiger partial charge is 0.224 e. The summed E-state index contributed by atoms with van der Waals surface area (Å²) in [5, 5.41) is 2.93. The fourth-order valence-corrected chi connectivity index (χ4v) is 1.90. The van der Waals surface area contributed by atoms with Gasteiger partial charge in [-0.15, -0.1) is 24.8 Å². The van der Waals surface area contributed by atoms with Crippen LogP contribution in [0, 0.1) is 11.8 Å². The number of nitrogens with one attached hydrogen (secondary N) is 1. The van der Waals surface area contributed by atoms with Gasteiger partial charge in [0.15, 0.2) is 0 Å². The SMILES string of the molecule is CC1CCN(CCNC(=O)C(C)CN)CC1.Cl.Cl. The van der Waals surface area contributed by atoms with Crippen LogP contribution in [0.3, 0.4) is 0 Å². The molecular formula is C12H27Cl2N3O. The molecule has 0 aromatic rings. The van der Waals surface area contributed by atoms with Crippen molar-refractivity contribution >= 4 is 30.7 Å². The maximum absolute atomic E-state index is 11.5. The first-order valence-corrected chi connectivity index (χ1v) is 6.33. The number of carbonyl (C=O) groups excluding carboxylic acids is 1. The number of hydrogen-bond donors (Lipinski definition) is 2. The van der Waals surface area contributed by atoms with Gasteiger partial charge in [-0.05, 0) is 31.8 Å². The molecule has 1 atom stereocenters. The van der Waals surface area contributed by atoms with E-state index in [0.29, 0.717) is 6.54 Å². The fraction of sp³-hybridized carbons (Fsp3) is 0.917. The Balaban J connectivity index is 0. The molecule has 1 rings (SSSR count). The Morgan fingerprint density at radius 2 is 1.94 bits per heavy atom. The molecule has 1 aliphatic rings. The van der Waals surface area contributed by atoms with Crippen LogP contribution in [0.25, 0.3) is 0 Å². The van der Waals surface area contributed by atoms with E-state index < -0.39 is 0 Å². The summed E-state index contributed by atoms with van der Waals surface area (Å²) in [5.41, 5.74) is 5.43. The van der Waals surface area contributed by atoms with Crippen molar-refractivity contribution in [3.05, 3.63) is 0 Å². The van der Waals surface area contributed by atoms with Gasteiger partial charge in [0.05, 0.1) is 0 Å². The lowest BCUT2D eigenvalue weighted by Gasteiger charge is -2.30. The van der Waals surface area contributed by atoms with E-state index in [1.54, 1.807) is 0 Å². The van der Waals surface area contributed by atoms with Crippen molar-refractivity contribution in [1.29, 1.82) is 0 Å². The highest BCUT2D eigenvalue weighted by atomic mass is 35.5. The second kappa shape index (κ2) is 10.9. The molecule has 1 amide bonds. The molecular weight excluding hydrogens is 273 g/mol. The van der Waals surface area contributed by atoms with Crippen LogP contribution in [0.4, 0.5) is 0 Å². The topological polar surface area (TPSA) is 58.4 Å². The maximum Gasteiger partial charge on any atom is 0.224 e. The largest absolute Gasteiger partial charge is 0.355 e. The number of piperidine rings is 1. The summed E-state index contributed by atoms with van der Waals surface area (Å²) in [7, 11) is 0. The van der Waals surface area contributed by atoms with Gasteiger partial charge in [-0.25, -0.2) is 0 Å². The van der Waals surface area contributed by atoms with Crippen molar-refractivity contribution in [2.24, 2.45) is 17.6 Å². The van der Waals surface area contributed by atoms with E-state index in [1.807, 2.05) is 6.92 Å². The minimum Gasteiger partial charge on any atom is -0.355 e. The van der Waals surface area contributed by atoms with Gasteiger partial charge in [-0.3, -0.25) is 4.79 Å². The molecule has 0 saturated carbocycles. The molecule has 1 saturated heterocycles. The molecule has 1 heterocycles. The average molecular weight is 300 g/mol. The first-order valence-electron chi connectivity index (χ1n) is 6.33. The van der Waals surface area contributed by atoms with Crippen molar-refractivity contribution in [1.82, 2.24) is 10.2 Å². The Kier molecular flexibility index (Phi) is 12.2. The number of carbonyl (C=O) groups is 1. The quantitative estimate of drug-likeness (QED) is 0.804. The Morgan fingerprint density at radius 1 is 1.39 bits per heavy atom. The molecule has 6 heteroatoms. The second-order valence-electron chi connectivity index (χ2n) is 4.95. The molecule has 18 heavy (non-hydrogen) atoms. The van der Waals surface area contributed by atoms with Crippen molar-refractivity contribution in [3.8, 4) is 0 Å². The average Bonchev–Trinajstić information content (AvgIpc) is 2.30. The molecule has 1 aliphatic heterocycles. The lowest BCUT2D eigenvalue weighted by atomic mass is 9.99. The van der Waals surface area contributed by atoms with Gasteiger partial charge < -0.3 is 16.0 Å². The van der Waals surface area contributed by atoms with Gasteiger partial charge in [0.25, 0.3) is 0 Å². The Morgan fingerprint density at radius 3 is 2.44 bits per heavy atom. The highest BCUT2D eigenvalue weighted by molar-refractivity contribution is 5.85. The lowest BCUT2D eigenvalue weighted by molar-refractivity contribution is -0.124. The Bertz CT molecular complexity index is 221. The molecule has 0 bridgehead atoms. The monoisotopic (exact) mass is 299 g/mol. The van der Waals surface area contributed by atoms with Crippen LogP contribution in [0.2, 0.25) is 0 Å². The van der Waals surface area contributed by atoms with Crippen LogP contribution < -0.4 is 11.1 Å². The first-order chi connectivity index (χ1) is 7.63. The molecule has 0 aliphatic carbocycles. The standard InChI is InChI=1S/C12H25N3O.2ClH/c1-10-3-6-15(7-4-10)8-5-14-12(16)11(2)9-13;;/h10-11H,3-9,13H2,1-2H3,(H,14,16);2*1H. The van der Waals surface area contributed by atoms with Gasteiger partial charge in [0.2, 0.25) is 5.91 Å². The van der Waals surface area contributed by atoms with Gasteiger partial charge in [-0.1, -0.05) is 13.8 Å². The van der Waals surface area contributed by atoms with Crippen LogP contribution in [0.5, 0.6) is 0 Å². The number of nitrogens with zero attached hydrogens (tertiary/aromatic N) is 1. The van der Waals surface area contributed by atoms with E-state index in [2.05, 4.69) is 17.1 Å². The van der Waals surface area contributed by atoms with Gasteiger partial charge in [-0.2, -0.15) is 0 Å². The number of amides is 1. The number of halogens is 2. The molecule has 0 aromatic heterocycles. The summed E-state index contributed by atoms with van der Waals surface area (Å²) < 4.78 is 0. The highest BCUT2D eigenvalue weighted by Gasteiger charge is 2.15. The molecule has 0 spiro atoms. The molecule has 0 radical (unpaired) electrons. The van der Waals surface area contributed by atoms with E-state index in [-0.39, 0.29) is 36.6 Å². The predicted octanol–water partition coefficient (Wildman–Crippen LogP) is 1.27. The van der Waals surface area contributed by atoms with E-state index >= 15 is 0 Å². The number of hydrogen-bond acceptors (Lipinski definition) is 3. The number of nitrogens with two attached hydrogens (primary N) is 1. The Hall–Kier alpha value is -0.0300. The fourth-order valence-electron chi connectivity index (χ4n) is 1.90. The van der Waals surface area contributed by atoms with Crippen LogP contribution in [-0.4, -0.2) is 43.5 Å². The Labute approximate surface area is 123 Å². The molecule has 1 fully saturated rings. The lowest BCUT2D eigenvalue weighted by Crippen LogP contribution is -2.41. The normalized spacial score (nSPS) is 18.4. The molecule has 3 N–H and O–H groups in total. The van der Waals surface area contributed by atoms with Crippen molar-refractivity contribution in [2.45, 2.75) is 26.7 Å². The highest BCUT2D eigenvalue weighted by Crippen LogP contribution is 2.14. The van der Waals surface area contributed by atoms with Gasteiger partial charge in [0, 0.05) is 25.6 Å². The summed E-state index contributed by atoms with van der Waals surface area (Å²) in [6.07, 6.45) is 2.57. The van der Waals surface area contributed by atoms with E-state index in [0.717, 1.165) is 19.0 Å². The van der Waals surface area contributed by atoms with Crippen molar-refractivity contribution in [3.63, 3.8) is 0 Å². The zero-order valence-electron chi connectivity index (χ0n) is 11.4. The van der Waals surface area contributed by atoms with Crippen LogP contribution in [0.15, 0.2) is 0 Å². The maximum atomic E-state index is 11.5. The van der Waals surface area contributed by atoms with E-state index in [9.17, 15) is 4.79 Å². The third-order valence-corrected chi connectivity index (χ3v) is 3.40. The summed E-state index contributed by atoms with van der Waals surface area (Å²) >= 11 is 0. The minimum absolute atomic E-state index is 0. The third-order valence-electron chi connectivity index (χ3n) is 3.40. The summed E-state index contributed by atoms with van der Waals surface area (Å²) in [5.74, 6) is 0.873. The van der Waals surface area contributed by atoms with Crippen LogP contribution in [0.1, 0.15) is 26.7 Å². The van der Waals surface area contributed by atoms with E-state index in [4.69, 9.17) is 5.73 Å². The molecule has 0 aromatic carbocycles. The van der Waals surface area contributed by atoms with E-state index in [1.165, 1.54) is 25.9 Å². The first kappa shape index (κ1) is 20.3. The zero-order chi connectivity index (χ0) is 12.0. The predicted molar refractivity (Wildman–Crippen MR) is 80.6 cm³/mol. The zero-order valence-corrected chi connectivity index (χ0v) is 13.0. The van der Waals surface area contributed by atoms with Gasteiger partial charge in [0.1, 0.15) is 0 Å². The van der Waals surface area contributed by atoms with Crippen molar-refractivity contribution < 1.29 is 4.79 Å².